The van der Waals surface area contributed by atoms with Crippen molar-refractivity contribution >= 4 is 5.78 Å². The van der Waals surface area contributed by atoms with Gasteiger partial charge in [-0.3, -0.25) is 4.79 Å². The van der Waals surface area contributed by atoms with Gasteiger partial charge in [0.25, 0.3) is 0 Å². The average molecular weight is 139 g/mol. The lowest BCUT2D eigenvalue weighted by Gasteiger charge is -2.23. The Balaban J connectivity index is 2.33. The van der Waals surface area contributed by atoms with Crippen LogP contribution in [0.3, 0.4) is 0 Å². The molecule has 1 aliphatic rings. The van der Waals surface area contributed by atoms with Crippen molar-refractivity contribution in [1.82, 2.24) is 0 Å². The van der Waals surface area contributed by atoms with E-state index in [9.17, 15) is 4.79 Å². The molecule has 0 saturated heterocycles. The zero-order valence-corrected chi connectivity index (χ0v) is 6.60. The van der Waals surface area contributed by atoms with E-state index in [1.807, 2.05) is 0 Å². The van der Waals surface area contributed by atoms with Gasteiger partial charge >= 0.3 is 0 Å². The maximum atomic E-state index is 10.8. The zero-order valence-electron chi connectivity index (χ0n) is 6.60. The minimum atomic E-state index is 0.145. The molecule has 0 aromatic carbocycles. The molecule has 57 valence electrons. The maximum absolute atomic E-state index is 10.8. The van der Waals surface area contributed by atoms with Crippen molar-refractivity contribution in [3.63, 3.8) is 0 Å². The Morgan fingerprint density at radius 2 is 1.80 bits per heavy atom. The molecule has 0 bridgehead atoms. The Morgan fingerprint density at radius 3 is 2.20 bits per heavy atom. The van der Waals surface area contributed by atoms with E-state index in [0.29, 0.717) is 0 Å². The van der Waals surface area contributed by atoms with E-state index >= 15 is 0 Å². The second-order valence-corrected chi connectivity index (χ2v) is 3.42. The second kappa shape index (κ2) is 3.18. The Kier molecular flexibility index (Phi) is 2.47. The van der Waals surface area contributed by atoms with Crippen molar-refractivity contribution < 1.29 is 4.79 Å². The lowest BCUT2D eigenvalue weighted by Crippen LogP contribution is -2.18. The third kappa shape index (κ3) is 1.83. The van der Waals surface area contributed by atoms with E-state index in [1.54, 1.807) is 0 Å². The molecule has 0 aromatic heterocycles. The molecule has 1 nitrogen and oxygen atoms in total. The minimum Gasteiger partial charge on any atom is -0.299 e. The lowest BCUT2D eigenvalue weighted by molar-refractivity contribution is -0.119. The van der Waals surface area contributed by atoms with Crippen molar-refractivity contribution in [2.24, 2.45) is 11.8 Å². The Hall–Kier alpha value is -0.330. The maximum Gasteiger partial charge on any atom is 0.136 e. The van der Waals surface area contributed by atoms with E-state index in [4.69, 9.17) is 0 Å². The highest BCUT2D eigenvalue weighted by atomic mass is 16.1. The van der Waals surface area contributed by atoms with Crippen LogP contribution in [-0.4, -0.2) is 5.78 Å². The molecule has 10 heavy (non-hydrogen) atoms. The van der Waals surface area contributed by atoms with Crippen molar-refractivity contribution in [2.75, 3.05) is 0 Å². The molecule has 1 rings (SSSR count). The van der Waals surface area contributed by atoms with Gasteiger partial charge < -0.3 is 0 Å². The molecule has 0 aromatic rings. The first kappa shape index (κ1) is 7.77. The lowest BCUT2D eigenvalue weighted by atomic mass is 9.81. The molecule has 1 radical (unpaired) electrons. The number of rotatable bonds is 1. The Bertz CT molecular complexity index is 121. The fourth-order valence-electron chi connectivity index (χ4n) is 1.58. The summed E-state index contributed by atoms with van der Waals surface area (Å²) in [6.07, 6.45) is 4.57. The standard InChI is InChI=1S/C9H15O/c1-7-3-5-9(6-4-7)8(2)10/h7,9H,2-6H2,1H3. The van der Waals surface area contributed by atoms with Crippen LogP contribution >= 0.6 is 0 Å². The highest BCUT2D eigenvalue weighted by molar-refractivity contribution is 5.84. The number of carbonyl (C=O) groups is 1. The predicted octanol–water partition coefficient (Wildman–Crippen LogP) is 2.22. The number of carbonyl (C=O) groups excluding carboxylic acids is 1. The van der Waals surface area contributed by atoms with Crippen LogP contribution in [0.5, 0.6) is 0 Å². The van der Waals surface area contributed by atoms with Gasteiger partial charge in [-0.25, -0.2) is 0 Å². The van der Waals surface area contributed by atoms with Crippen LogP contribution in [0.1, 0.15) is 32.6 Å². The summed E-state index contributed by atoms with van der Waals surface area (Å²) in [6, 6.07) is 0. The van der Waals surface area contributed by atoms with Crippen LogP contribution in [0, 0.1) is 18.8 Å². The van der Waals surface area contributed by atoms with Crippen LogP contribution in [0.25, 0.3) is 0 Å². The summed E-state index contributed by atoms with van der Waals surface area (Å²) in [7, 11) is 0. The highest BCUT2D eigenvalue weighted by Gasteiger charge is 2.20. The molecule has 0 N–H and O–H groups in total. The van der Waals surface area contributed by atoms with Gasteiger partial charge in [-0.1, -0.05) is 19.8 Å². The first-order valence-electron chi connectivity index (χ1n) is 4.06. The fourth-order valence-corrected chi connectivity index (χ4v) is 1.58. The first-order valence-corrected chi connectivity index (χ1v) is 4.06. The summed E-state index contributed by atoms with van der Waals surface area (Å²) < 4.78 is 0. The summed E-state index contributed by atoms with van der Waals surface area (Å²) >= 11 is 0. The molecule has 1 saturated carbocycles. The average Bonchev–Trinajstić information content (AvgIpc) is 1.88. The van der Waals surface area contributed by atoms with Gasteiger partial charge in [-0.05, 0) is 18.8 Å². The van der Waals surface area contributed by atoms with Crippen LogP contribution in [0.2, 0.25) is 0 Å². The van der Waals surface area contributed by atoms with E-state index in [2.05, 4.69) is 13.8 Å². The van der Waals surface area contributed by atoms with Crippen LogP contribution in [0.4, 0.5) is 0 Å². The largest absolute Gasteiger partial charge is 0.299 e. The highest BCUT2D eigenvalue weighted by Crippen LogP contribution is 2.28. The first-order chi connectivity index (χ1) is 4.70. The SMILES string of the molecule is [CH2]C(=O)C1CCC(C)CC1. The topological polar surface area (TPSA) is 17.1 Å². The summed E-state index contributed by atoms with van der Waals surface area (Å²) in [5.74, 6) is 1.26. The van der Waals surface area contributed by atoms with Crippen molar-refractivity contribution in [3.05, 3.63) is 6.92 Å². The molecule has 1 fully saturated rings. The molecule has 0 unspecified atom stereocenters. The van der Waals surface area contributed by atoms with Gasteiger partial charge in [0.1, 0.15) is 5.78 Å². The van der Waals surface area contributed by atoms with Gasteiger partial charge in [-0.2, -0.15) is 0 Å². The predicted molar refractivity (Wildman–Crippen MR) is 41.5 cm³/mol. The van der Waals surface area contributed by atoms with E-state index in [-0.39, 0.29) is 11.7 Å². The van der Waals surface area contributed by atoms with Crippen molar-refractivity contribution in [1.29, 1.82) is 0 Å². The van der Waals surface area contributed by atoms with E-state index < -0.39 is 0 Å². The smallest absolute Gasteiger partial charge is 0.136 e. The van der Waals surface area contributed by atoms with E-state index in [0.717, 1.165) is 18.8 Å². The molecular formula is C9H15O. The summed E-state index contributed by atoms with van der Waals surface area (Å²) in [4.78, 5) is 10.8. The third-order valence-electron chi connectivity index (χ3n) is 2.47. The number of Topliss-reactive ketones (excluding diaryl/α,β-unsaturated/α-hetero) is 1. The van der Waals surface area contributed by atoms with Crippen LogP contribution in [0.15, 0.2) is 0 Å². The number of hydrogen-bond acceptors (Lipinski definition) is 1. The summed E-state index contributed by atoms with van der Waals surface area (Å²) in [6.45, 7) is 5.70. The van der Waals surface area contributed by atoms with Crippen molar-refractivity contribution in [2.45, 2.75) is 32.6 Å². The Labute approximate surface area is 62.8 Å². The van der Waals surface area contributed by atoms with Gasteiger partial charge in [0.15, 0.2) is 0 Å². The number of ketones is 1. The Morgan fingerprint density at radius 1 is 1.30 bits per heavy atom. The molecule has 0 amide bonds. The van der Waals surface area contributed by atoms with Crippen LogP contribution < -0.4 is 0 Å². The van der Waals surface area contributed by atoms with Crippen molar-refractivity contribution in [3.8, 4) is 0 Å². The molecule has 0 aliphatic heterocycles. The second-order valence-electron chi connectivity index (χ2n) is 3.42. The zero-order chi connectivity index (χ0) is 7.56. The molecule has 1 heteroatoms. The van der Waals surface area contributed by atoms with Crippen LogP contribution in [-0.2, 0) is 4.79 Å². The van der Waals surface area contributed by atoms with Gasteiger partial charge in [0, 0.05) is 12.8 Å². The normalized spacial score (nSPS) is 33.8. The summed E-state index contributed by atoms with van der Waals surface area (Å²) in [5, 5.41) is 0. The third-order valence-corrected chi connectivity index (χ3v) is 2.47. The van der Waals surface area contributed by atoms with Gasteiger partial charge in [0.05, 0.1) is 0 Å². The van der Waals surface area contributed by atoms with Gasteiger partial charge in [0.2, 0.25) is 0 Å². The molecule has 1 aliphatic carbocycles. The molecular weight excluding hydrogens is 124 g/mol. The van der Waals surface area contributed by atoms with Gasteiger partial charge in [-0.15, -0.1) is 0 Å². The van der Waals surface area contributed by atoms with E-state index in [1.165, 1.54) is 12.8 Å². The number of hydrogen-bond donors (Lipinski definition) is 0. The molecule has 0 spiro atoms. The fraction of sp³-hybridized carbons (Fsp3) is 0.778. The minimum absolute atomic E-state index is 0.145. The molecule has 0 heterocycles. The monoisotopic (exact) mass is 139 g/mol. The quantitative estimate of drug-likeness (QED) is 0.544. The summed E-state index contributed by atoms with van der Waals surface area (Å²) in [5.41, 5.74) is 0. The molecule has 0 atom stereocenters.